The number of carboxylic acid groups (broad SMARTS) is 1. The van der Waals surface area contributed by atoms with Gasteiger partial charge in [-0.05, 0) is 56.0 Å². The Morgan fingerprint density at radius 1 is 1.24 bits per heavy atom. The fourth-order valence-electron chi connectivity index (χ4n) is 3.29. The molecule has 0 unspecified atom stereocenters. The number of pyridine rings is 1. The van der Waals surface area contributed by atoms with Crippen LogP contribution in [-0.2, 0) is 6.54 Å². The highest BCUT2D eigenvalue weighted by atomic mass is 32.1. The molecule has 3 aromatic rings. The summed E-state index contributed by atoms with van der Waals surface area (Å²) < 4.78 is 11.4. The van der Waals surface area contributed by atoms with Gasteiger partial charge in [0.15, 0.2) is 11.5 Å². The van der Waals surface area contributed by atoms with Crippen molar-refractivity contribution >= 4 is 23.2 Å². The van der Waals surface area contributed by atoms with E-state index in [0.717, 1.165) is 5.56 Å². The van der Waals surface area contributed by atoms with Crippen molar-refractivity contribution in [3.05, 3.63) is 58.4 Å². The van der Waals surface area contributed by atoms with Crippen molar-refractivity contribution in [2.45, 2.75) is 32.4 Å². The van der Waals surface area contributed by atoms with Crippen LogP contribution in [0.3, 0.4) is 0 Å². The van der Waals surface area contributed by atoms with E-state index in [-0.39, 0.29) is 17.9 Å². The Labute approximate surface area is 201 Å². The maximum atomic E-state index is 12.9. The average Bonchev–Trinajstić information content (AvgIpc) is 3.56. The van der Waals surface area contributed by atoms with Gasteiger partial charge < -0.3 is 25.6 Å². The van der Waals surface area contributed by atoms with Gasteiger partial charge in [-0.3, -0.25) is 4.79 Å². The van der Waals surface area contributed by atoms with E-state index in [1.807, 2.05) is 18.2 Å². The summed E-state index contributed by atoms with van der Waals surface area (Å²) in [6.07, 6.45) is 2.36. The first-order chi connectivity index (χ1) is 16.4. The van der Waals surface area contributed by atoms with Crippen LogP contribution < -0.4 is 20.5 Å². The van der Waals surface area contributed by atoms with Gasteiger partial charge in [0.25, 0.3) is 5.91 Å². The van der Waals surface area contributed by atoms with Gasteiger partial charge in [0.05, 0.1) is 30.8 Å². The molecule has 4 N–H and O–H groups in total. The molecule has 10 heteroatoms. The summed E-state index contributed by atoms with van der Waals surface area (Å²) in [5.41, 5.74) is 7.52. The molecule has 34 heavy (non-hydrogen) atoms. The molecule has 1 aliphatic rings. The van der Waals surface area contributed by atoms with Gasteiger partial charge in [-0.1, -0.05) is 6.07 Å². The maximum Gasteiger partial charge on any atom is 0.354 e. The minimum atomic E-state index is -1.13. The van der Waals surface area contributed by atoms with Crippen molar-refractivity contribution in [1.82, 2.24) is 15.3 Å². The van der Waals surface area contributed by atoms with E-state index in [1.165, 1.54) is 30.2 Å². The summed E-state index contributed by atoms with van der Waals surface area (Å²) in [4.78, 5) is 33.3. The molecule has 1 fully saturated rings. The first kappa shape index (κ1) is 23.7. The predicted octanol–water partition coefficient (Wildman–Crippen LogP) is 3.65. The van der Waals surface area contributed by atoms with Crippen LogP contribution in [0.5, 0.6) is 11.5 Å². The second-order valence-electron chi connectivity index (χ2n) is 8.14. The third-order valence-corrected chi connectivity index (χ3v) is 6.63. The quantitative estimate of drug-likeness (QED) is 0.398. The standard InChI is InChI=1S/C24H26N4O5S/c1-13(25)21-20(22(29)26-11-16-4-3-5-17(27-16)24(30)31)28-23(34-21)15-8-9-18(32-2)19(10-15)33-12-14-6-7-14/h3-5,8-10,13-14H,6-7,11-12,25H2,1-2H3,(H,26,29)(H,30,31)/t13-/m0/s1. The second kappa shape index (κ2) is 10.2. The van der Waals surface area contributed by atoms with Crippen molar-refractivity contribution in [3.63, 3.8) is 0 Å². The van der Waals surface area contributed by atoms with E-state index in [9.17, 15) is 9.59 Å². The molecule has 1 atom stereocenters. The Kier molecular flexibility index (Phi) is 7.09. The van der Waals surface area contributed by atoms with Crippen LogP contribution in [0.15, 0.2) is 36.4 Å². The number of rotatable bonds is 10. The van der Waals surface area contributed by atoms with E-state index >= 15 is 0 Å². The molecule has 0 bridgehead atoms. The number of carboxylic acids is 1. The molecule has 0 spiro atoms. The van der Waals surface area contributed by atoms with Gasteiger partial charge >= 0.3 is 5.97 Å². The van der Waals surface area contributed by atoms with Gasteiger partial charge in [0, 0.05) is 11.6 Å². The molecule has 0 saturated heterocycles. The van der Waals surface area contributed by atoms with Crippen LogP contribution in [0.2, 0.25) is 0 Å². The van der Waals surface area contributed by atoms with E-state index < -0.39 is 17.9 Å². The van der Waals surface area contributed by atoms with Gasteiger partial charge in [-0.15, -0.1) is 11.3 Å². The summed E-state index contributed by atoms with van der Waals surface area (Å²) in [5.74, 6) is 0.341. The molecule has 0 radical (unpaired) electrons. The lowest BCUT2D eigenvalue weighted by molar-refractivity contribution is 0.0690. The van der Waals surface area contributed by atoms with E-state index in [1.54, 1.807) is 26.2 Å². The number of carbonyl (C=O) groups excluding carboxylic acids is 1. The largest absolute Gasteiger partial charge is 0.493 e. The zero-order valence-electron chi connectivity index (χ0n) is 18.9. The number of aromatic carboxylic acids is 1. The van der Waals surface area contributed by atoms with E-state index in [2.05, 4.69) is 15.3 Å². The SMILES string of the molecule is COc1ccc(-c2nc(C(=O)NCc3cccc(C(=O)O)n3)c([C@H](C)N)s2)cc1OCC1CC1. The van der Waals surface area contributed by atoms with Crippen LogP contribution in [0.25, 0.3) is 10.6 Å². The topological polar surface area (TPSA) is 137 Å². The Morgan fingerprint density at radius 3 is 2.71 bits per heavy atom. The average molecular weight is 483 g/mol. The number of methoxy groups -OCH3 is 1. The Balaban J connectivity index is 1.55. The number of nitrogens with zero attached hydrogens (tertiary/aromatic N) is 2. The molecule has 2 heterocycles. The summed E-state index contributed by atoms with van der Waals surface area (Å²) in [6, 6.07) is 9.79. The molecular weight excluding hydrogens is 456 g/mol. The number of thiazole rings is 1. The van der Waals surface area contributed by atoms with E-state index in [4.69, 9.17) is 20.3 Å². The molecule has 0 aliphatic heterocycles. The minimum absolute atomic E-state index is 0.0624. The van der Waals surface area contributed by atoms with E-state index in [0.29, 0.717) is 39.6 Å². The number of ether oxygens (including phenoxy) is 2. The highest BCUT2D eigenvalue weighted by Crippen LogP contribution is 2.38. The van der Waals surface area contributed by atoms with Gasteiger partial charge in [-0.2, -0.15) is 0 Å². The number of carbonyl (C=O) groups is 2. The zero-order chi connectivity index (χ0) is 24.2. The molecule has 2 aromatic heterocycles. The minimum Gasteiger partial charge on any atom is -0.493 e. The number of hydrogen-bond donors (Lipinski definition) is 3. The van der Waals surface area contributed by atoms with Crippen molar-refractivity contribution in [2.75, 3.05) is 13.7 Å². The van der Waals surface area contributed by atoms with Crippen LogP contribution in [0.4, 0.5) is 0 Å². The lowest BCUT2D eigenvalue weighted by atomic mass is 10.2. The summed E-state index contributed by atoms with van der Waals surface area (Å²) >= 11 is 1.35. The summed E-state index contributed by atoms with van der Waals surface area (Å²) in [5, 5.41) is 12.5. The van der Waals surface area contributed by atoms with Crippen molar-refractivity contribution < 1.29 is 24.2 Å². The number of hydrogen-bond acceptors (Lipinski definition) is 8. The van der Waals surface area contributed by atoms with Crippen LogP contribution >= 0.6 is 11.3 Å². The first-order valence-corrected chi connectivity index (χ1v) is 11.7. The van der Waals surface area contributed by atoms with Gasteiger partial charge in [-0.25, -0.2) is 14.8 Å². The van der Waals surface area contributed by atoms with Crippen LogP contribution in [0, 0.1) is 5.92 Å². The number of nitrogens with two attached hydrogens (primary N) is 1. The summed E-state index contributed by atoms with van der Waals surface area (Å²) in [7, 11) is 1.60. The Morgan fingerprint density at radius 2 is 2.03 bits per heavy atom. The monoisotopic (exact) mass is 482 g/mol. The molecule has 1 aliphatic carbocycles. The number of nitrogens with one attached hydrogen (secondary N) is 1. The number of benzene rings is 1. The predicted molar refractivity (Wildman–Crippen MR) is 127 cm³/mol. The first-order valence-electron chi connectivity index (χ1n) is 10.9. The third kappa shape index (κ3) is 5.52. The maximum absolute atomic E-state index is 12.9. The Hall–Kier alpha value is -3.50. The second-order valence-corrected chi connectivity index (χ2v) is 9.17. The summed E-state index contributed by atoms with van der Waals surface area (Å²) in [6.45, 7) is 2.50. The number of aromatic nitrogens is 2. The zero-order valence-corrected chi connectivity index (χ0v) is 19.7. The van der Waals surface area contributed by atoms with Crippen LogP contribution in [0.1, 0.15) is 57.4 Å². The van der Waals surface area contributed by atoms with Crippen molar-refractivity contribution in [3.8, 4) is 22.1 Å². The normalized spacial score (nSPS) is 13.9. The van der Waals surface area contributed by atoms with Crippen LogP contribution in [-0.4, -0.2) is 40.7 Å². The molecule has 1 saturated carbocycles. The lowest BCUT2D eigenvalue weighted by Gasteiger charge is -2.11. The fraction of sp³-hybridized carbons (Fsp3) is 0.333. The molecule has 9 nitrogen and oxygen atoms in total. The van der Waals surface area contributed by atoms with Crippen molar-refractivity contribution in [2.24, 2.45) is 11.7 Å². The number of amides is 1. The Bertz CT molecular complexity index is 1210. The molecule has 1 amide bonds. The molecule has 178 valence electrons. The highest BCUT2D eigenvalue weighted by Gasteiger charge is 2.24. The smallest absolute Gasteiger partial charge is 0.354 e. The molecular formula is C24H26N4O5S. The third-order valence-electron chi connectivity index (χ3n) is 5.32. The fourth-order valence-corrected chi connectivity index (χ4v) is 4.30. The molecule has 1 aromatic carbocycles. The molecule has 4 rings (SSSR count). The lowest BCUT2D eigenvalue weighted by Crippen LogP contribution is -2.25. The van der Waals surface area contributed by atoms with Gasteiger partial charge in [0.1, 0.15) is 16.4 Å². The highest BCUT2D eigenvalue weighted by molar-refractivity contribution is 7.15. The van der Waals surface area contributed by atoms with Gasteiger partial charge in [0.2, 0.25) is 0 Å². The van der Waals surface area contributed by atoms with Crippen molar-refractivity contribution in [1.29, 1.82) is 0 Å².